The van der Waals surface area contributed by atoms with Crippen molar-refractivity contribution < 1.29 is 27.8 Å². The molecule has 30 heavy (non-hydrogen) atoms. The number of benzene rings is 1. The number of ether oxygens (including phenoxy) is 3. The number of nitrogens with zero attached hydrogens (tertiary/aromatic N) is 3. The van der Waals surface area contributed by atoms with Gasteiger partial charge in [0.05, 0.1) is 13.2 Å². The molecule has 3 rings (SSSR count). The molecule has 0 N–H and O–H groups in total. The van der Waals surface area contributed by atoms with E-state index in [1.807, 2.05) is 0 Å². The van der Waals surface area contributed by atoms with Gasteiger partial charge in [-0.1, -0.05) is 0 Å². The lowest BCUT2D eigenvalue weighted by Gasteiger charge is -2.37. The summed E-state index contributed by atoms with van der Waals surface area (Å²) in [5, 5.41) is 0. The Morgan fingerprint density at radius 3 is 2.20 bits per heavy atom. The molecule has 1 aromatic carbocycles. The summed E-state index contributed by atoms with van der Waals surface area (Å²) in [6.07, 6.45) is -0.410. The van der Waals surface area contributed by atoms with Crippen LogP contribution in [0, 0.1) is 11.6 Å². The Morgan fingerprint density at radius 1 is 1.03 bits per heavy atom. The van der Waals surface area contributed by atoms with Crippen LogP contribution in [0.25, 0.3) is 0 Å². The van der Waals surface area contributed by atoms with Crippen LogP contribution in [0.3, 0.4) is 0 Å². The van der Waals surface area contributed by atoms with Gasteiger partial charge in [-0.3, -0.25) is 4.90 Å². The van der Waals surface area contributed by atoms with E-state index >= 15 is 0 Å². The van der Waals surface area contributed by atoms with Crippen molar-refractivity contribution in [2.75, 3.05) is 70.5 Å². The predicted octanol–water partition coefficient (Wildman–Crippen LogP) is 2.73. The van der Waals surface area contributed by atoms with Gasteiger partial charge >= 0.3 is 6.09 Å². The summed E-state index contributed by atoms with van der Waals surface area (Å²) in [7, 11) is 0. The van der Waals surface area contributed by atoms with Crippen molar-refractivity contribution in [3.63, 3.8) is 0 Å². The van der Waals surface area contributed by atoms with Crippen molar-refractivity contribution in [1.82, 2.24) is 9.80 Å². The Balaban J connectivity index is 1.53. The van der Waals surface area contributed by atoms with Gasteiger partial charge < -0.3 is 24.0 Å². The first-order valence-corrected chi connectivity index (χ1v) is 10.4. The van der Waals surface area contributed by atoms with Gasteiger partial charge in [0.25, 0.3) is 0 Å². The lowest BCUT2D eigenvalue weighted by Crippen LogP contribution is -2.50. The first-order chi connectivity index (χ1) is 14.2. The number of hydrogen-bond donors (Lipinski definition) is 0. The summed E-state index contributed by atoms with van der Waals surface area (Å²) in [6.45, 7) is 10.8. The van der Waals surface area contributed by atoms with Crippen LogP contribution >= 0.6 is 0 Å². The molecule has 0 radical (unpaired) electrons. The Hall–Kier alpha value is -2.13. The van der Waals surface area contributed by atoms with Crippen LogP contribution in [-0.2, 0) is 9.47 Å². The summed E-state index contributed by atoms with van der Waals surface area (Å²) in [5.74, 6) is -1.15. The molecule has 0 atom stereocenters. The Kier molecular flexibility index (Phi) is 7.36. The van der Waals surface area contributed by atoms with Gasteiger partial charge in [-0.2, -0.15) is 0 Å². The highest BCUT2D eigenvalue weighted by Gasteiger charge is 2.28. The molecule has 9 heteroatoms. The molecule has 2 heterocycles. The van der Waals surface area contributed by atoms with Crippen molar-refractivity contribution in [3.05, 3.63) is 23.8 Å². The molecule has 0 bridgehead atoms. The molecule has 0 saturated carbocycles. The van der Waals surface area contributed by atoms with E-state index in [2.05, 4.69) is 4.90 Å². The number of amides is 1. The average Bonchev–Trinajstić information content (AvgIpc) is 2.67. The summed E-state index contributed by atoms with van der Waals surface area (Å²) < 4.78 is 45.5. The molecule has 2 fully saturated rings. The molecular formula is C21H31F2N3O4. The first-order valence-electron chi connectivity index (χ1n) is 10.4. The molecule has 0 spiro atoms. The number of hydrogen-bond acceptors (Lipinski definition) is 6. The summed E-state index contributed by atoms with van der Waals surface area (Å²) in [4.78, 5) is 17.5. The van der Waals surface area contributed by atoms with Gasteiger partial charge in [0.1, 0.15) is 23.6 Å². The highest BCUT2D eigenvalue weighted by atomic mass is 19.1. The summed E-state index contributed by atoms with van der Waals surface area (Å²) >= 11 is 0. The zero-order valence-electron chi connectivity index (χ0n) is 18.0. The normalized spacial score (nSPS) is 18.4. The average molecular weight is 427 g/mol. The van der Waals surface area contributed by atoms with Crippen molar-refractivity contribution >= 4 is 11.8 Å². The van der Waals surface area contributed by atoms with Gasteiger partial charge in [0.15, 0.2) is 11.6 Å². The topological polar surface area (TPSA) is 54.5 Å². The molecule has 0 aromatic heterocycles. The Morgan fingerprint density at radius 2 is 1.63 bits per heavy atom. The SMILES string of the molecule is CC(C)(C)OC(=O)N1CCN(c2c(F)cc(OCCN3CCOCC3)cc2F)CC1. The number of carbonyl (C=O) groups is 1. The van der Waals surface area contributed by atoms with E-state index in [4.69, 9.17) is 14.2 Å². The van der Waals surface area contributed by atoms with Crippen LogP contribution in [0.2, 0.25) is 0 Å². The first kappa shape index (κ1) is 22.6. The maximum Gasteiger partial charge on any atom is 0.410 e. The van der Waals surface area contributed by atoms with Crippen molar-refractivity contribution in [2.24, 2.45) is 0 Å². The third-order valence-corrected chi connectivity index (χ3v) is 5.02. The number of halogens is 2. The van der Waals surface area contributed by atoms with E-state index in [9.17, 15) is 13.6 Å². The zero-order valence-corrected chi connectivity index (χ0v) is 18.0. The van der Waals surface area contributed by atoms with E-state index in [1.54, 1.807) is 30.6 Å². The highest BCUT2D eigenvalue weighted by molar-refractivity contribution is 5.68. The lowest BCUT2D eigenvalue weighted by molar-refractivity contribution is 0.0240. The van der Waals surface area contributed by atoms with Gasteiger partial charge in [-0.25, -0.2) is 13.6 Å². The smallest absolute Gasteiger partial charge is 0.410 e. The van der Waals surface area contributed by atoms with Gasteiger partial charge in [-0.15, -0.1) is 0 Å². The summed E-state index contributed by atoms with van der Waals surface area (Å²) in [5.41, 5.74) is -0.663. The van der Waals surface area contributed by atoms with E-state index in [1.165, 1.54) is 12.1 Å². The molecule has 2 aliphatic heterocycles. The fourth-order valence-electron chi connectivity index (χ4n) is 3.48. The van der Waals surface area contributed by atoms with Gasteiger partial charge in [0, 0.05) is 57.9 Å². The molecule has 0 aliphatic carbocycles. The third kappa shape index (κ3) is 6.18. The monoisotopic (exact) mass is 427 g/mol. The van der Waals surface area contributed by atoms with E-state index < -0.39 is 23.3 Å². The molecule has 2 aliphatic rings. The fraction of sp³-hybridized carbons (Fsp3) is 0.667. The van der Waals surface area contributed by atoms with Gasteiger partial charge in [0.2, 0.25) is 0 Å². The largest absolute Gasteiger partial charge is 0.492 e. The highest BCUT2D eigenvalue weighted by Crippen LogP contribution is 2.29. The van der Waals surface area contributed by atoms with Crippen molar-refractivity contribution in [2.45, 2.75) is 26.4 Å². The number of piperazine rings is 1. The summed E-state index contributed by atoms with van der Waals surface area (Å²) in [6, 6.07) is 2.44. The Bertz CT molecular complexity index is 704. The molecule has 7 nitrogen and oxygen atoms in total. The lowest BCUT2D eigenvalue weighted by atomic mass is 10.2. The van der Waals surface area contributed by atoms with Crippen LogP contribution in [0.15, 0.2) is 12.1 Å². The van der Waals surface area contributed by atoms with Crippen molar-refractivity contribution in [1.29, 1.82) is 0 Å². The molecule has 0 unspecified atom stereocenters. The molecule has 1 aromatic rings. The third-order valence-electron chi connectivity index (χ3n) is 5.02. The van der Waals surface area contributed by atoms with Crippen LogP contribution in [0.4, 0.5) is 19.3 Å². The number of rotatable bonds is 5. The van der Waals surface area contributed by atoms with E-state index in [-0.39, 0.29) is 11.4 Å². The second-order valence-corrected chi connectivity index (χ2v) is 8.49. The standard InChI is InChI=1S/C21H31F2N3O4/c1-21(2,3)30-20(27)26-6-4-25(5-7-26)19-17(22)14-16(15-18(19)23)29-13-10-24-8-11-28-12-9-24/h14-15H,4-13H2,1-3H3. The Labute approximate surface area is 176 Å². The minimum atomic E-state index is -0.665. The van der Waals surface area contributed by atoms with E-state index in [0.29, 0.717) is 52.5 Å². The van der Waals surface area contributed by atoms with Crippen LogP contribution < -0.4 is 9.64 Å². The number of carbonyl (C=O) groups excluding carboxylic acids is 1. The second-order valence-electron chi connectivity index (χ2n) is 8.49. The number of anilines is 1. The minimum absolute atomic E-state index is 0.0839. The second kappa shape index (κ2) is 9.78. The van der Waals surface area contributed by atoms with Crippen LogP contribution in [-0.4, -0.2) is 87.1 Å². The van der Waals surface area contributed by atoms with Crippen LogP contribution in [0.5, 0.6) is 5.75 Å². The molecular weight excluding hydrogens is 396 g/mol. The molecule has 168 valence electrons. The fourth-order valence-corrected chi connectivity index (χ4v) is 3.48. The van der Waals surface area contributed by atoms with Crippen molar-refractivity contribution in [3.8, 4) is 5.75 Å². The molecule has 1 amide bonds. The molecule has 2 saturated heterocycles. The zero-order chi connectivity index (χ0) is 21.7. The number of morpholine rings is 1. The minimum Gasteiger partial charge on any atom is -0.492 e. The maximum absolute atomic E-state index is 14.7. The maximum atomic E-state index is 14.7. The van der Waals surface area contributed by atoms with Crippen LogP contribution in [0.1, 0.15) is 20.8 Å². The van der Waals surface area contributed by atoms with Gasteiger partial charge in [-0.05, 0) is 20.8 Å². The quantitative estimate of drug-likeness (QED) is 0.720. The van der Waals surface area contributed by atoms with E-state index in [0.717, 1.165) is 13.1 Å². The predicted molar refractivity (Wildman–Crippen MR) is 109 cm³/mol.